The maximum absolute atomic E-state index is 12.0. The normalized spacial score (nSPS) is 10.0. The zero-order valence-corrected chi connectivity index (χ0v) is 11.0. The number of hydrogen-bond acceptors (Lipinski definition) is 3. The highest BCUT2D eigenvalue weighted by Gasteiger charge is 2.18. The fraction of sp³-hybridized carbons (Fsp3) is 0.357. The van der Waals surface area contributed by atoms with Crippen LogP contribution in [0.3, 0.4) is 0 Å². The number of carbonyl (C=O) groups is 3. The molecule has 2 amide bonds. The van der Waals surface area contributed by atoms with Crippen LogP contribution in [0, 0.1) is 6.92 Å². The van der Waals surface area contributed by atoms with E-state index in [0.29, 0.717) is 0 Å². The van der Waals surface area contributed by atoms with Crippen LogP contribution in [0.2, 0.25) is 0 Å². The van der Waals surface area contributed by atoms with Crippen LogP contribution >= 0.6 is 0 Å². The number of rotatable bonds is 5. The van der Waals surface area contributed by atoms with Crippen molar-refractivity contribution in [3.05, 3.63) is 35.4 Å². The van der Waals surface area contributed by atoms with Gasteiger partial charge < -0.3 is 5.11 Å². The van der Waals surface area contributed by atoms with E-state index in [2.05, 4.69) is 0 Å². The van der Waals surface area contributed by atoms with Crippen molar-refractivity contribution in [2.75, 3.05) is 6.54 Å². The smallest absolute Gasteiger partial charge is 0.305 e. The van der Waals surface area contributed by atoms with Gasteiger partial charge in [0.1, 0.15) is 0 Å². The highest BCUT2D eigenvalue weighted by molar-refractivity contribution is 5.95. The second kappa shape index (κ2) is 6.68. The molecule has 0 aliphatic carbocycles. The summed E-state index contributed by atoms with van der Waals surface area (Å²) in [7, 11) is 0. The van der Waals surface area contributed by atoms with Crippen molar-refractivity contribution in [2.45, 2.75) is 26.7 Å². The minimum Gasteiger partial charge on any atom is -0.481 e. The van der Waals surface area contributed by atoms with Gasteiger partial charge in [0, 0.05) is 13.5 Å². The molecule has 0 aliphatic heterocycles. The zero-order valence-electron chi connectivity index (χ0n) is 11.0. The summed E-state index contributed by atoms with van der Waals surface area (Å²) in [6, 6.07) is 7.42. The number of carbonyl (C=O) groups excluding carboxylic acids is 2. The molecule has 19 heavy (non-hydrogen) atoms. The minimum absolute atomic E-state index is 0.0879. The number of amides is 2. The van der Waals surface area contributed by atoms with Crippen molar-refractivity contribution in [3.8, 4) is 0 Å². The van der Waals surface area contributed by atoms with Crippen LogP contribution in [0.4, 0.5) is 0 Å². The first-order valence-electron chi connectivity index (χ1n) is 5.98. The van der Waals surface area contributed by atoms with E-state index in [9.17, 15) is 14.4 Å². The lowest BCUT2D eigenvalue weighted by atomic mass is 10.1. The monoisotopic (exact) mass is 263 g/mol. The third-order valence-corrected chi connectivity index (χ3v) is 2.71. The Hall–Kier alpha value is -2.17. The van der Waals surface area contributed by atoms with Gasteiger partial charge >= 0.3 is 5.97 Å². The Bertz CT molecular complexity index is 479. The summed E-state index contributed by atoms with van der Waals surface area (Å²) in [6.45, 7) is 3.12. The third-order valence-electron chi connectivity index (χ3n) is 2.71. The maximum Gasteiger partial charge on any atom is 0.305 e. The molecular weight excluding hydrogens is 246 g/mol. The molecule has 0 aliphatic rings. The van der Waals surface area contributed by atoms with Gasteiger partial charge in [-0.2, -0.15) is 0 Å². The van der Waals surface area contributed by atoms with Crippen LogP contribution in [0.5, 0.6) is 0 Å². The average molecular weight is 263 g/mol. The Labute approximate surface area is 111 Å². The van der Waals surface area contributed by atoms with E-state index >= 15 is 0 Å². The van der Waals surface area contributed by atoms with E-state index < -0.39 is 11.9 Å². The molecule has 0 saturated heterocycles. The van der Waals surface area contributed by atoms with Crippen LogP contribution in [0.15, 0.2) is 24.3 Å². The number of imide groups is 1. The minimum atomic E-state index is -1.03. The lowest BCUT2D eigenvalue weighted by Gasteiger charge is -2.18. The SMILES string of the molecule is CC(=O)N(CCC(=O)O)C(=O)Cc1ccc(C)cc1. The van der Waals surface area contributed by atoms with Gasteiger partial charge in [-0.05, 0) is 12.5 Å². The van der Waals surface area contributed by atoms with Gasteiger partial charge in [0.05, 0.1) is 12.8 Å². The Morgan fingerprint density at radius 3 is 2.21 bits per heavy atom. The van der Waals surface area contributed by atoms with Crippen molar-refractivity contribution in [1.82, 2.24) is 4.90 Å². The molecule has 0 unspecified atom stereocenters. The highest BCUT2D eigenvalue weighted by atomic mass is 16.4. The molecule has 102 valence electrons. The van der Waals surface area contributed by atoms with Crippen LogP contribution in [0.25, 0.3) is 0 Å². The van der Waals surface area contributed by atoms with Crippen molar-refractivity contribution in [1.29, 1.82) is 0 Å². The first kappa shape index (κ1) is 14.9. The molecular formula is C14H17NO4. The summed E-state index contributed by atoms with van der Waals surface area (Å²) in [5, 5.41) is 8.60. The van der Waals surface area contributed by atoms with Gasteiger partial charge in [-0.1, -0.05) is 29.8 Å². The zero-order chi connectivity index (χ0) is 14.4. The van der Waals surface area contributed by atoms with Crippen LogP contribution in [-0.2, 0) is 20.8 Å². The number of carboxylic acids is 1. The second-order valence-corrected chi connectivity index (χ2v) is 4.37. The Kier molecular flexibility index (Phi) is 5.23. The van der Waals surface area contributed by atoms with E-state index in [0.717, 1.165) is 16.0 Å². The molecule has 0 fully saturated rings. The number of hydrogen-bond donors (Lipinski definition) is 1. The third kappa shape index (κ3) is 4.91. The first-order valence-corrected chi connectivity index (χ1v) is 5.98. The van der Waals surface area contributed by atoms with Crippen LogP contribution < -0.4 is 0 Å². The van der Waals surface area contributed by atoms with Crippen molar-refractivity contribution in [2.24, 2.45) is 0 Å². The first-order chi connectivity index (χ1) is 8.90. The van der Waals surface area contributed by atoms with Gasteiger partial charge in [0.25, 0.3) is 0 Å². The van der Waals surface area contributed by atoms with Crippen molar-refractivity contribution in [3.63, 3.8) is 0 Å². The fourth-order valence-electron chi connectivity index (χ4n) is 1.64. The Morgan fingerprint density at radius 2 is 1.74 bits per heavy atom. The number of aliphatic carboxylic acids is 1. The number of benzene rings is 1. The molecule has 1 rings (SSSR count). The van der Waals surface area contributed by atoms with E-state index in [1.54, 1.807) is 0 Å². The summed E-state index contributed by atoms with van der Waals surface area (Å²) in [4.78, 5) is 34.8. The van der Waals surface area contributed by atoms with Crippen LogP contribution in [-0.4, -0.2) is 34.3 Å². The van der Waals surface area contributed by atoms with Crippen molar-refractivity contribution < 1.29 is 19.5 Å². The average Bonchev–Trinajstić information content (AvgIpc) is 2.31. The molecule has 1 aromatic carbocycles. The molecule has 0 heterocycles. The topological polar surface area (TPSA) is 74.7 Å². The predicted octanol–water partition coefficient (Wildman–Crippen LogP) is 1.39. The van der Waals surface area contributed by atoms with Gasteiger partial charge in [-0.15, -0.1) is 0 Å². The molecule has 5 heteroatoms. The van der Waals surface area contributed by atoms with Crippen LogP contribution in [0.1, 0.15) is 24.5 Å². The standard InChI is InChI=1S/C14H17NO4/c1-10-3-5-12(6-4-10)9-13(17)15(11(2)16)8-7-14(18)19/h3-6H,7-9H2,1-2H3,(H,18,19). The summed E-state index contributed by atoms with van der Waals surface area (Å²) in [6.07, 6.45) is -0.140. The molecule has 0 atom stereocenters. The molecule has 1 aromatic rings. The summed E-state index contributed by atoms with van der Waals surface area (Å²) < 4.78 is 0. The van der Waals surface area contributed by atoms with Crippen molar-refractivity contribution >= 4 is 17.8 Å². The molecule has 0 bridgehead atoms. The molecule has 0 aromatic heterocycles. The largest absolute Gasteiger partial charge is 0.481 e. The van der Waals surface area contributed by atoms with Gasteiger partial charge in [0.15, 0.2) is 0 Å². The van der Waals surface area contributed by atoms with Gasteiger partial charge in [-0.3, -0.25) is 19.3 Å². The maximum atomic E-state index is 12.0. The van der Waals surface area contributed by atoms with Gasteiger partial charge in [-0.25, -0.2) is 0 Å². The number of carboxylic acid groups (broad SMARTS) is 1. The highest BCUT2D eigenvalue weighted by Crippen LogP contribution is 2.06. The molecule has 0 radical (unpaired) electrons. The van der Waals surface area contributed by atoms with Gasteiger partial charge in [0.2, 0.25) is 11.8 Å². The molecule has 1 N–H and O–H groups in total. The fourth-order valence-corrected chi connectivity index (χ4v) is 1.64. The lowest BCUT2D eigenvalue weighted by molar-refractivity contribution is -0.144. The number of nitrogens with zero attached hydrogens (tertiary/aromatic N) is 1. The van der Waals surface area contributed by atoms with E-state index in [1.165, 1.54) is 6.92 Å². The summed E-state index contributed by atoms with van der Waals surface area (Å²) >= 11 is 0. The number of aryl methyl sites for hydroxylation is 1. The summed E-state index contributed by atoms with van der Waals surface area (Å²) in [5.74, 6) is -1.84. The second-order valence-electron chi connectivity index (χ2n) is 4.37. The van der Waals surface area contributed by atoms with E-state index in [-0.39, 0.29) is 25.3 Å². The molecule has 5 nitrogen and oxygen atoms in total. The molecule has 0 spiro atoms. The molecule has 0 saturated carbocycles. The Balaban J connectivity index is 2.69. The predicted molar refractivity (Wildman–Crippen MR) is 69.5 cm³/mol. The lowest BCUT2D eigenvalue weighted by Crippen LogP contribution is -2.37. The van der Waals surface area contributed by atoms with E-state index in [4.69, 9.17) is 5.11 Å². The Morgan fingerprint density at radius 1 is 1.16 bits per heavy atom. The summed E-state index contributed by atoms with van der Waals surface area (Å²) in [5.41, 5.74) is 1.89. The quantitative estimate of drug-likeness (QED) is 0.871. The van der Waals surface area contributed by atoms with E-state index in [1.807, 2.05) is 31.2 Å².